The summed E-state index contributed by atoms with van der Waals surface area (Å²) in [5, 5.41) is 3.43. The van der Waals surface area contributed by atoms with Crippen molar-refractivity contribution < 1.29 is 4.42 Å². The van der Waals surface area contributed by atoms with Crippen LogP contribution >= 0.6 is 0 Å². The Balaban J connectivity index is 1.96. The average molecular weight is 264 g/mol. The van der Waals surface area contributed by atoms with Crippen molar-refractivity contribution >= 4 is 0 Å². The van der Waals surface area contributed by atoms with E-state index in [1.807, 2.05) is 6.26 Å². The van der Waals surface area contributed by atoms with Gasteiger partial charge in [-0.15, -0.1) is 0 Å². The van der Waals surface area contributed by atoms with Gasteiger partial charge >= 0.3 is 0 Å². The van der Waals surface area contributed by atoms with E-state index in [4.69, 9.17) is 4.42 Å². The van der Waals surface area contributed by atoms with Crippen LogP contribution in [0.1, 0.15) is 51.9 Å². The van der Waals surface area contributed by atoms with Crippen LogP contribution < -0.4 is 5.32 Å². The van der Waals surface area contributed by atoms with Gasteiger partial charge in [-0.3, -0.25) is 4.90 Å². The van der Waals surface area contributed by atoms with Crippen LogP contribution in [0.2, 0.25) is 0 Å². The minimum absolute atomic E-state index is 0.492. The summed E-state index contributed by atoms with van der Waals surface area (Å²) >= 11 is 0. The third kappa shape index (κ3) is 4.08. The quantitative estimate of drug-likeness (QED) is 0.883. The first-order valence-electron chi connectivity index (χ1n) is 7.59. The summed E-state index contributed by atoms with van der Waals surface area (Å²) in [5.41, 5.74) is 1.34. The van der Waals surface area contributed by atoms with E-state index in [1.165, 1.54) is 24.9 Å². The maximum atomic E-state index is 5.63. The maximum absolute atomic E-state index is 5.63. The van der Waals surface area contributed by atoms with Gasteiger partial charge < -0.3 is 9.73 Å². The zero-order valence-electron chi connectivity index (χ0n) is 12.8. The van der Waals surface area contributed by atoms with Crippen LogP contribution in [0.5, 0.6) is 0 Å². The number of hydrogen-bond donors (Lipinski definition) is 1. The molecule has 108 valence electrons. The van der Waals surface area contributed by atoms with Crippen molar-refractivity contribution in [1.29, 1.82) is 0 Å². The Morgan fingerprint density at radius 3 is 2.89 bits per heavy atom. The number of nitrogens with zero attached hydrogens (tertiary/aromatic N) is 1. The number of rotatable bonds is 5. The summed E-state index contributed by atoms with van der Waals surface area (Å²) < 4.78 is 5.63. The molecule has 1 aromatic heterocycles. The van der Waals surface area contributed by atoms with Crippen LogP contribution in [0, 0.1) is 5.92 Å². The predicted molar refractivity (Wildman–Crippen MR) is 79.0 cm³/mol. The Kier molecular flexibility index (Phi) is 5.06. The van der Waals surface area contributed by atoms with Crippen molar-refractivity contribution in [1.82, 2.24) is 10.2 Å². The highest BCUT2D eigenvalue weighted by atomic mass is 16.3. The molecule has 0 radical (unpaired) electrons. The second kappa shape index (κ2) is 6.58. The third-order valence-electron chi connectivity index (χ3n) is 4.13. The number of nitrogens with one attached hydrogen (secondary N) is 1. The lowest BCUT2D eigenvalue weighted by Gasteiger charge is -2.36. The molecule has 1 aliphatic heterocycles. The summed E-state index contributed by atoms with van der Waals surface area (Å²) in [6.07, 6.45) is 4.51. The predicted octanol–water partition coefficient (Wildman–Crippen LogP) is 3.40. The Bertz CT molecular complexity index is 386. The largest absolute Gasteiger partial charge is 0.468 e. The molecule has 0 aliphatic carbocycles. The highest BCUT2D eigenvalue weighted by Gasteiger charge is 2.23. The normalized spacial score (nSPS) is 25.1. The van der Waals surface area contributed by atoms with Gasteiger partial charge in [0.1, 0.15) is 5.76 Å². The van der Waals surface area contributed by atoms with Crippen LogP contribution in [0.15, 0.2) is 16.7 Å². The molecule has 0 amide bonds. The second-order valence-electron chi connectivity index (χ2n) is 6.37. The van der Waals surface area contributed by atoms with Crippen LogP contribution in [-0.2, 0) is 13.1 Å². The fourth-order valence-corrected chi connectivity index (χ4v) is 2.78. The molecule has 3 nitrogen and oxygen atoms in total. The molecular weight excluding hydrogens is 236 g/mol. The summed E-state index contributed by atoms with van der Waals surface area (Å²) in [6.45, 7) is 12.1. The van der Waals surface area contributed by atoms with Crippen LogP contribution in [-0.4, -0.2) is 23.5 Å². The van der Waals surface area contributed by atoms with E-state index in [9.17, 15) is 0 Å². The number of furan rings is 1. The summed E-state index contributed by atoms with van der Waals surface area (Å²) in [6, 6.07) is 3.31. The fourth-order valence-electron chi connectivity index (χ4n) is 2.78. The lowest BCUT2D eigenvalue weighted by atomic mass is 9.94. The molecule has 0 saturated carbocycles. The molecule has 1 aromatic rings. The molecular formula is C16H28N2O. The lowest BCUT2D eigenvalue weighted by Crippen LogP contribution is -2.40. The van der Waals surface area contributed by atoms with Crippen molar-refractivity contribution in [3.63, 3.8) is 0 Å². The molecule has 1 N–H and O–H groups in total. The number of likely N-dealkylation sites (tertiary alicyclic amines) is 1. The van der Waals surface area contributed by atoms with Crippen LogP contribution in [0.4, 0.5) is 0 Å². The van der Waals surface area contributed by atoms with Gasteiger partial charge in [0.25, 0.3) is 0 Å². The summed E-state index contributed by atoms with van der Waals surface area (Å²) in [7, 11) is 0. The van der Waals surface area contributed by atoms with Crippen LogP contribution in [0.3, 0.4) is 0 Å². The van der Waals surface area contributed by atoms with Gasteiger partial charge in [-0.25, -0.2) is 0 Å². The smallest absolute Gasteiger partial charge is 0.122 e. The van der Waals surface area contributed by atoms with Gasteiger partial charge in [0.15, 0.2) is 0 Å². The third-order valence-corrected chi connectivity index (χ3v) is 4.13. The minimum Gasteiger partial charge on any atom is -0.468 e. The van der Waals surface area contributed by atoms with E-state index in [2.05, 4.69) is 44.0 Å². The van der Waals surface area contributed by atoms with E-state index in [0.717, 1.165) is 24.8 Å². The zero-order valence-corrected chi connectivity index (χ0v) is 12.8. The van der Waals surface area contributed by atoms with Gasteiger partial charge in [0, 0.05) is 30.7 Å². The maximum Gasteiger partial charge on any atom is 0.122 e. The Labute approximate surface area is 117 Å². The summed E-state index contributed by atoms with van der Waals surface area (Å²) in [5.74, 6) is 1.92. The topological polar surface area (TPSA) is 28.4 Å². The standard InChI is InChI=1S/C16H28N2O/c1-12(2)17-9-16-15(7-8-19-16)11-18-10-13(3)5-6-14(18)4/h7-8,12-14,17H,5-6,9-11H2,1-4H3. The molecule has 0 aromatic carbocycles. The lowest BCUT2D eigenvalue weighted by molar-refractivity contribution is 0.116. The first-order chi connectivity index (χ1) is 9.06. The first kappa shape index (κ1) is 14.6. The van der Waals surface area contributed by atoms with E-state index < -0.39 is 0 Å². The van der Waals surface area contributed by atoms with Crippen molar-refractivity contribution in [3.8, 4) is 0 Å². The highest BCUT2D eigenvalue weighted by molar-refractivity contribution is 5.17. The van der Waals surface area contributed by atoms with E-state index in [1.54, 1.807) is 0 Å². The molecule has 2 unspecified atom stereocenters. The van der Waals surface area contributed by atoms with Crippen molar-refractivity contribution in [3.05, 3.63) is 23.7 Å². The molecule has 0 spiro atoms. The molecule has 2 heterocycles. The number of hydrogen-bond acceptors (Lipinski definition) is 3. The molecule has 3 heteroatoms. The van der Waals surface area contributed by atoms with Crippen LogP contribution in [0.25, 0.3) is 0 Å². The Hall–Kier alpha value is -0.800. The van der Waals surface area contributed by atoms with Gasteiger partial charge in [-0.2, -0.15) is 0 Å². The monoisotopic (exact) mass is 264 g/mol. The molecule has 2 atom stereocenters. The average Bonchev–Trinajstić information content (AvgIpc) is 2.79. The Morgan fingerprint density at radius 1 is 1.37 bits per heavy atom. The second-order valence-corrected chi connectivity index (χ2v) is 6.37. The first-order valence-corrected chi connectivity index (χ1v) is 7.59. The van der Waals surface area contributed by atoms with E-state index in [0.29, 0.717) is 12.1 Å². The van der Waals surface area contributed by atoms with Crippen molar-refractivity contribution in [2.75, 3.05) is 6.54 Å². The Morgan fingerprint density at radius 2 is 2.16 bits per heavy atom. The fraction of sp³-hybridized carbons (Fsp3) is 0.750. The van der Waals surface area contributed by atoms with Gasteiger partial charge in [0.2, 0.25) is 0 Å². The zero-order chi connectivity index (χ0) is 13.8. The van der Waals surface area contributed by atoms with E-state index >= 15 is 0 Å². The minimum atomic E-state index is 0.492. The molecule has 19 heavy (non-hydrogen) atoms. The summed E-state index contributed by atoms with van der Waals surface area (Å²) in [4.78, 5) is 2.60. The number of piperidine rings is 1. The van der Waals surface area contributed by atoms with Crippen molar-refractivity contribution in [2.24, 2.45) is 5.92 Å². The molecule has 1 aliphatic rings. The van der Waals surface area contributed by atoms with E-state index in [-0.39, 0.29) is 0 Å². The SMILES string of the molecule is CC1CCC(C)N(Cc2ccoc2CNC(C)C)C1. The van der Waals surface area contributed by atoms with Gasteiger partial charge in [-0.05, 0) is 31.7 Å². The highest BCUT2D eigenvalue weighted by Crippen LogP contribution is 2.24. The van der Waals surface area contributed by atoms with Gasteiger partial charge in [0.05, 0.1) is 12.8 Å². The molecule has 1 fully saturated rings. The van der Waals surface area contributed by atoms with Crippen molar-refractivity contribution in [2.45, 2.75) is 65.7 Å². The molecule has 2 rings (SSSR count). The molecule has 1 saturated heterocycles. The van der Waals surface area contributed by atoms with Gasteiger partial charge in [-0.1, -0.05) is 20.8 Å². The molecule has 0 bridgehead atoms.